The first-order valence-corrected chi connectivity index (χ1v) is 7.61. The number of hydrogen-bond acceptors (Lipinski definition) is 5. The molecule has 2 aromatic heterocycles. The largest absolute Gasteiger partial charge is 0.346 e. The molecule has 0 unspecified atom stereocenters. The molecule has 6 heteroatoms. The standard InChI is InChI=1S/C13H18N4OS/c1-3-10-5-4-6-16(8-10)13-15-17-11(18)7-9(2)14-12(17)19-13/h7,10H,3-6,8H2,1-2H3/t10-/m0/s1. The van der Waals surface area contributed by atoms with Crippen LogP contribution in [0.2, 0.25) is 0 Å². The number of fused-ring (bicyclic) bond motifs is 1. The fourth-order valence-electron chi connectivity index (χ4n) is 2.61. The van der Waals surface area contributed by atoms with Crippen molar-refractivity contribution in [1.29, 1.82) is 0 Å². The van der Waals surface area contributed by atoms with Gasteiger partial charge in [0.05, 0.1) is 0 Å². The van der Waals surface area contributed by atoms with Crippen LogP contribution in [-0.4, -0.2) is 27.7 Å². The molecule has 0 aliphatic carbocycles. The Morgan fingerprint density at radius 3 is 3.16 bits per heavy atom. The van der Waals surface area contributed by atoms with Crippen LogP contribution in [-0.2, 0) is 0 Å². The molecule has 1 fully saturated rings. The van der Waals surface area contributed by atoms with E-state index in [0.717, 1.165) is 29.8 Å². The van der Waals surface area contributed by atoms with Crippen LogP contribution in [0.15, 0.2) is 10.9 Å². The highest BCUT2D eigenvalue weighted by Gasteiger charge is 2.21. The van der Waals surface area contributed by atoms with E-state index < -0.39 is 0 Å². The van der Waals surface area contributed by atoms with Gasteiger partial charge in [-0.1, -0.05) is 24.7 Å². The highest BCUT2D eigenvalue weighted by molar-refractivity contribution is 7.20. The molecule has 0 radical (unpaired) electrons. The van der Waals surface area contributed by atoms with E-state index >= 15 is 0 Å². The first-order valence-electron chi connectivity index (χ1n) is 6.80. The molecule has 3 rings (SSSR count). The minimum absolute atomic E-state index is 0.0888. The summed E-state index contributed by atoms with van der Waals surface area (Å²) < 4.78 is 1.42. The minimum atomic E-state index is -0.0888. The molecular formula is C13H18N4OS. The summed E-state index contributed by atoms with van der Waals surface area (Å²) in [6.45, 7) is 6.16. The summed E-state index contributed by atoms with van der Waals surface area (Å²) in [5.41, 5.74) is 0.666. The topological polar surface area (TPSA) is 50.5 Å². The van der Waals surface area contributed by atoms with E-state index in [-0.39, 0.29) is 5.56 Å². The van der Waals surface area contributed by atoms with Crippen molar-refractivity contribution in [3.05, 3.63) is 22.1 Å². The Bertz CT molecular complexity index is 648. The van der Waals surface area contributed by atoms with Gasteiger partial charge in [0.2, 0.25) is 10.1 Å². The van der Waals surface area contributed by atoms with Crippen molar-refractivity contribution in [2.75, 3.05) is 18.0 Å². The van der Waals surface area contributed by atoms with E-state index in [2.05, 4.69) is 21.9 Å². The Morgan fingerprint density at radius 1 is 1.53 bits per heavy atom. The Morgan fingerprint density at radius 2 is 2.37 bits per heavy atom. The van der Waals surface area contributed by atoms with Crippen molar-refractivity contribution in [3.8, 4) is 0 Å². The van der Waals surface area contributed by atoms with E-state index in [1.54, 1.807) is 0 Å². The van der Waals surface area contributed by atoms with Crippen molar-refractivity contribution in [1.82, 2.24) is 14.6 Å². The molecule has 0 spiro atoms. The molecule has 0 N–H and O–H groups in total. The number of aryl methyl sites for hydroxylation is 1. The summed E-state index contributed by atoms with van der Waals surface area (Å²) in [7, 11) is 0. The van der Waals surface area contributed by atoms with Crippen LogP contribution in [0.4, 0.5) is 5.13 Å². The van der Waals surface area contributed by atoms with Gasteiger partial charge >= 0.3 is 0 Å². The van der Waals surface area contributed by atoms with Crippen molar-refractivity contribution < 1.29 is 0 Å². The van der Waals surface area contributed by atoms with Crippen LogP contribution in [0.3, 0.4) is 0 Å². The molecule has 1 aliphatic rings. The van der Waals surface area contributed by atoms with Gasteiger partial charge in [-0.2, -0.15) is 4.52 Å². The molecule has 1 saturated heterocycles. The molecule has 0 saturated carbocycles. The molecular weight excluding hydrogens is 260 g/mol. The van der Waals surface area contributed by atoms with Crippen LogP contribution in [0.1, 0.15) is 31.9 Å². The molecule has 5 nitrogen and oxygen atoms in total. The zero-order chi connectivity index (χ0) is 13.4. The molecule has 3 heterocycles. The van der Waals surface area contributed by atoms with Crippen LogP contribution in [0.5, 0.6) is 0 Å². The summed E-state index contributed by atoms with van der Waals surface area (Å²) >= 11 is 1.51. The summed E-state index contributed by atoms with van der Waals surface area (Å²) in [5.74, 6) is 0.743. The third-order valence-corrected chi connectivity index (χ3v) is 4.70. The third-order valence-electron chi connectivity index (χ3n) is 3.73. The number of hydrogen-bond donors (Lipinski definition) is 0. The lowest BCUT2D eigenvalue weighted by Gasteiger charge is -2.31. The first kappa shape index (κ1) is 12.6. The smallest absolute Gasteiger partial charge is 0.275 e. The van der Waals surface area contributed by atoms with Crippen LogP contribution >= 0.6 is 11.3 Å². The normalized spacial score (nSPS) is 20.1. The summed E-state index contributed by atoms with van der Waals surface area (Å²) in [6.07, 6.45) is 3.71. The predicted octanol–water partition coefficient (Wildman–Crippen LogP) is 2.09. The van der Waals surface area contributed by atoms with E-state index in [4.69, 9.17) is 0 Å². The fraction of sp³-hybridized carbons (Fsp3) is 0.615. The van der Waals surface area contributed by atoms with Crippen LogP contribution in [0, 0.1) is 12.8 Å². The van der Waals surface area contributed by atoms with Crippen molar-refractivity contribution in [2.24, 2.45) is 5.92 Å². The maximum atomic E-state index is 11.9. The van der Waals surface area contributed by atoms with Gasteiger partial charge in [-0.15, -0.1) is 5.10 Å². The molecule has 0 aromatic carbocycles. The second kappa shape index (κ2) is 4.92. The average molecular weight is 278 g/mol. The Balaban J connectivity index is 1.97. The quantitative estimate of drug-likeness (QED) is 0.844. The monoisotopic (exact) mass is 278 g/mol. The van der Waals surface area contributed by atoms with Gasteiger partial charge in [-0.05, 0) is 25.7 Å². The molecule has 1 aliphatic heterocycles. The predicted molar refractivity (Wildman–Crippen MR) is 77.1 cm³/mol. The number of rotatable bonds is 2. The minimum Gasteiger partial charge on any atom is -0.346 e. The number of nitrogens with zero attached hydrogens (tertiary/aromatic N) is 4. The Kier molecular flexibility index (Phi) is 3.26. The average Bonchev–Trinajstić information content (AvgIpc) is 2.83. The molecule has 0 bridgehead atoms. The zero-order valence-corrected chi connectivity index (χ0v) is 12.1. The van der Waals surface area contributed by atoms with E-state index in [9.17, 15) is 4.79 Å². The molecule has 2 aromatic rings. The lowest BCUT2D eigenvalue weighted by atomic mass is 9.96. The van der Waals surface area contributed by atoms with Gasteiger partial charge in [0.25, 0.3) is 5.56 Å². The second-order valence-corrected chi connectivity index (χ2v) is 6.11. The second-order valence-electron chi connectivity index (χ2n) is 5.18. The molecule has 1 atom stereocenters. The number of anilines is 1. The lowest BCUT2D eigenvalue weighted by molar-refractivity contribution is 0.404. The highest BCUT2D eigenvalue weighted by atomic mass is 32.1. The van der Waals surface area contributed by atoms with Gasteiger partial charge in [-0.3, -0.25) is 4.79 Å². The van der Waals surface area contributed by atoms with E-state index in [0.29, 0.717) is 4.96 Å². The third kappa shape index (κ3) is 2.36. The summed E-state index contributed by atoms with van der Waals surface area (Å²) in [5, 5.41) is 5.36. The zero-order valence-electron chi connectivity index (χ0n) is 11.3. The van der Waals surface area contributed by atoms with E-state index in [1.165, 1.54) is 41.2 Å². The van der Waals surface area contributed by atoms with Gasteiger partial charge in [-0.25, -0.2) is 4.98 Å². The van der Waals surface area contributed by atoms with Gasteiger partial charge in [0, 0.05) is 24.8 Å². The highest BCUT2D eigenvalue weighted by Crippen LogP contribution is 2.27. The SMILES string of the molecule is CC[C@H]1CCCN(c2nn3c(=O)cc(C)nc3s2)C1. The summed E-state index contributed by atoms with van der Waals surface area (Å²) in [4.78, 5) is 19.2. The molecule has 102 valence electrons. The van der Waals surface area contributed by atoms with Crippen molar-refractivity contribution >= 4 is 21.4 Å². The Labute approximate surface area is 115 Å². The molecule has 19 heavy (non-hydrogen) atoms. The van der Waals surface area contributed by atoms with E-state index in [1.807, 2.05) is 6.92 Å². The number of piperidine rings is 1. The summed E-state index contributed by atoms with van der Waals surface area (Å²) in [6, 6.07) is 1.53. The van der Waals surface area contributed by atoms with Crippen molar-refractivity contribution in [2.45, 2.75) is 33.1 Å². The van der Waals surface area contributed by atoms with Gasteiger partial charge in [0.1, 0.15) is 0 Å². The maximum Gasteiger partial charge on any atom is 0.275 e. The lowest BCUT2D eigenvalue weighted by Crippen LogP contribution is -2.35. The van der Waals surface area contributed by atoms with Gasteiger partial charge < -0.3 is 4.90 Å². The Hall–Kier alpha value is -1.43. The van der Waals surface area contributed by atoms with Crippen LogP contribution < -0.4 is 10.5 Å². The van der Waals surface area contributed by atoms with Gasteiger partial charge in [0.15, 0.2) is 0 Å². The first-order chi connectivity index (χ1) is 9.17. The number of aromatic nitrogens is 3. The van der Waals surface area contributed by atoms with Crippen molar-refractivity contribution in [3.63, 3.8) is 0 Å². The molecule has 0 amide bonds. The maximum absolute atomic E-state index is 11.9. The van der Waals surface area contributed by atoms with Crippen LogP contribution in [0.25, 0.3) is 4.96 Å². The fourth-order valence-corrected chi connectivity index (χ4v) is 3.60.